The highest BCUT2D eigenvalue weighted by molar-refractivity contribution is 5.79. The number of hydrogen-bond donors (Lipinski definition) is 0. The molecule has 1 aromatic carbocycles. The molecule has 3 heteroatoms. The van der Waals surface area contributed by atoms with Gasteiger partial charge in [-0.2, -0.15) is 0 Å². The van der Waals surface area contributed by atoms with Crippen LogP contribution < -0.4 is 0 Å². The molecule has 0 aromatic heterocycles. The third-order valence-electron chi connectivity index (χ3n) is 5.18. The summed E-state index contributed by atoms with van der Waals surface area (Å²) in [6.07, 6.45) is 5.88. The minimum atomic E-state index is 0.218. The van der Waals surface area contributed by atoms with Crippen LogP contribution in [0.15, 0.2) is 24.3 Å². The van der Waals surface area contributed by atoms with Gasteiger partial charge in [0.1, 0.15) is 0 Å². The third kappa shape index (κ3) is 3.70. The molecule has 22 heavy (non-hydrogen) atoms. The van der Waals surface area contributed by atoms with Gasteiger partial charge in [0.25, 0.3) is 0 Å². The van der Waals surface area contributed by atoms with Gasteiger partial charge in [-0.3, -0.25) is 9.69 Å². The van der Waals surface area contributed by atoms with E-state index < -0.39 is 0 Å². The zero-order valence-electron chi connectivity index (χ0n) is 13.8. The van der Waals surface area contributed by atoms with Crippen LogP contribution in [0.3, 0.4) is 0 Å². The summed E-state index contributed by atoms with van der Waals surface area (Å²) in [7, 11) is 0. The molecule has 2 fully saturated rings. The molecule has 0 N–H and O–H groups in total. The monoisotopic (exact) mass is 300 g/mol. The molecule has 1 atom stereocenters. The number of piperidine rings is 2. The number of amides is 1. The van der Waals surface area contributed by atoms with Crippen molar-refractivity contribution in [1.29, 1.82) is 0 Å². The molecule has 3 nitrogen and oxygen atoms in total. The Morgan fingerprint density at radius 1 is 1.09 bits per heavy atom. The number of likely N-dealkylation sites (tertiary alicyclic amines) is 2. The van der Waals surface area contributed by atoms with Crippen LogP contribution in [0.5, 0.6) is 0 Å². The first kappa shape index (κ1) is 15.5. The lowest BCUT2D eigenvalue weighted by Crippen LogP contribution is -2.46. The second kappa shape index (κ2) is 7.28. The van der Waals surface area contributed by atoms with E-state index >= 15 is 0 Å². The molecule has 2 aliphatic rings. The second-order valence-electron chi connectivity index (χ2n) is 6.89. The SMILES string of the molecule is Cc1ccccc1CN1CCC[C@H](C(=O)N2CCCCC2)C1. The van der Waals surface area contributed by atoms with Crippen molar-refractivity contribution in [1.82, 2.24) is 9.80 Å². The lowest BCUT2D eigenvalue weighted by atomic mass is 9.95. The fourth-order valence-electron chi connectivity index (χ4n) is 3.80. The van der Waals surface area contributed by atoms with Crippen molar-refractivity contribution in [2.24, 2.45) is 5.92 Å². The predicted molar refractivity (Wildman–Crippen MR) is 89.6 cm³/mol. The molecule has 0 aliphatic carbocycles. The molecule has 0 radical (unpaired) electrons. The van der Waals surface area contributed by atoms with E-state index in [0.29, 0.717) is 5.91 Å². The Morgan fingerprint density at radius 3 is 2.64 bits per heavy atom. The van der Waals surface area contributed by atoms with E-state index in [0.717, 1.165) is 45.6 Å². The first-order valence-electron chi connectivity index (χ1n) is 8.79. The summed E-state index contributed by atoms with van der Waals surface area (Å²) in [6.45, 7) is 7.17. The van der Waals surface area contributed by atoms with E-state index in [1.54, 1.807) is 0 Å². The molecule has 2 heterocycles. The minimum absolute atomic E-state index is 0.218. The van der Waals surface area contributed by atoms with Crippen LogP contribution >= 0.6 is 0 Å². The van der Waals surface area contributed by atoms with Gasteiger partial charge in [0.15, 0.2) is 0 Å². The first-order valence-corrected chi connectivity index (χ1v) is 8.79. The number of rotatable bonds is 3. The first-order chi connectivity index (χ1) is 10.7. The smallest absolute Gasteiger partial charge is 0.226 e. The molecular weight excluding hydrogens is 272 g/mol. The van der Waals surface area contributed by atoms with E-state index in [1.165, 1.54) is 30.4 Å². The fraction of sp³-hybridized carbons (Fsp3) is 0.632. The van der Waals surface area contributed by atoms with Crippen molar-refractivity contribution in [2.75, 3.05) is 26.2 Å². The minimum Gasteiger partial charge on any atom is -0.342 e. The van der Waals surface area contributed by atoms with Crippen LogP contribution in [0, 0.1) is 12.8 Å². The van der Waals surface area contributed by atoms with Crippen molar-refractivity contribution < 1.29 is 4.79 Å². The zero-order chi connectivity index (χ0) is 15.4. The third-order valence-corrected chi connectivity index (χ3v) is 5.18. The van der Waals surface area contributed by atoms with Crippen LogP contribution in [-0.4, -0.2) is 41.9 Å². The average molecular weight is 300 g/mol. The van der Waals surface area contributed by atoms with Gasteiger partial charge in [-0.15, -0.1) is 0 Å². The maximum Gasteiger partial charge on any atom is 0.226 e. The maximum absolute atomic E-state index is 12.7. The van der Waals surface area contributed by atoms with Crippen molar-refractivity contribution in [2.45, 2.75) is 45.6 Å². The largest absolute Gasteiger partial charge is 0.342 e. The molecule has 3 rings (SSSR count). The topological polar surface area (TPSA) is 23.6 Å². The van der Waals surface area contributed by atoms with Crippen molar-refractivity contribution >= 4 is 5.91 Å². The number of nitrogens with zero attached hydrogens (tertiary/aromatic N) is 2. The maximum atomic E-state index is 12.7. The fourth-order valence-corrected chi connectivity index (χ4v) is 3.80. The normalized spacial score (nSPS) is 23.5. The van der Waals surface area contributed by atoms with Gasteiger partial charge < -0.3 is 4.90 Å². The summed E-state index contributed by atoms with van der Waals surface area (Å²) in [5, 5.41) is 0. The quantitative estimate of drug-likeness (QED) is 0.856. The van der Waals surface area contributed by atoms with Gasteiger partial charge in [-0.05, 0) is 56.7 Å². The molecule has 0 saturated carbocycles. The molecule has 2 aliphatic heterocycles. The van der Waals surface area contributed by atoms with Crippen LogP contribution in [0.4, 0.5) is 0 Å². The average Bonchev–Trinajstić information content (AvgIpc) is 2.57. The Hall–Kier alpha value is -1.35. The lowest BCUT2D eigenvalue weighted by molar-refractivity contribution is -0.138. The number of hydrogen-bond acceptors (Lipinski definition) is 2. The van der Waals surface area contributed by atoms with Crippen LogP contribution in [0.1, 0.15) is 43.2 Å². The van der Waals surface area contributed by atoms with Gasteiger partial charge in [-0.25, -0.2) is 0 Å². The number of aryl methyl sites for hydroxylation is 1. The molecule has 0 spiro atoms. The summed E-state index contributed by atoms with van der Waals surface area (Å²) < 4.78 is 0. The van der Waals surface area contributed by atoms with Gasteiger partial charge in [-0.1, -0.05) is 24.3 Å². The van der Waals surface area contributed by atoms with Gasteiger partial charge >= 0.3 is 0 Å². The Balaban J connectivity index is 1.59. The van der Waals surface area contributed by atoms with Crippen LogP contribution in [-0.2, 0) is 11.3 Å². The summed E-state index contributed by atoms with van der Waals surface area (Å²) in [5.41, 5.74) is 2.75. The highest BCUT2D eigenvalue weighted by atomic mass is 16.2. The van der Waals surface area contributed by atoms with E-state index in [9.17, 15) is 4.79 Å². The molecule has 0 bridgehead atoms. The Morgan fingerprint density at radius 2 is 1.86 bits per heavy atom. The molecule has 0 unspecified atom stereocenters. The number of benzene rings is 1. The van der Waals surface area contributed by atoms with E-state index in [4.69, 9.17) is 0 Å². The van der Waals surface area contributed by atoms with E-state index in [2.05, 4.69) is 41.0 Å². The molecular formula is C19H28N2O. The van der Waals surface area contributed by atoms with Crippen LogP contribution in [0.25, 0.3) is 0 Å². The summed E-state index contributed by atoms with van der Waals surface area (Å²) >= 11 is 0. The van der Waals surface area contributed by atoms with Gasteiger partial charge in [0.05, 0.1) is 5.92 Å². The van der Waals surface area contributed by atoms with Crippen molar-refractivity contribution in [3.8, 4) is 0 Å². The molecule has 120 valence electrons. The summed E-state index contributed by atoms with van der Waals surface area (Å²) in [5.74, 6) is 0.630. The zero-order valence-corrected chi connectivity index (χ0v) is 13.8. The van der Waals surface area contributed by atoms with Crippen molar-refractivity contribution in [3.63, 3.8) is 0 Å². The van der Waals surface area contributed by atoms with Gasteiger partial charge in [0.2, 0.25) is 5.91 Å². The summed E-state index contributed by atoms with van der Waals surface area (Å²) in [6, 6.07) is 8.60. The lowest BCUT2D eigenvalue weighted by Gasteiger charge is -2.36. The van der Waals surface area contributed by atoms with E-state index in [-0.39, 0.29) is 5.92 Å². The van der Waals surface area contributed by atoms with Crippen molar-refractivity contribution in [3.05, 3.63) is 35.4 Å². The summed E-state index contributed by atoms with van der Waals surface area (Å²) in [4.78, 5) is 17.3. The standard InChI is InChI=1S/C19H28N2O/c1-16-8-3-4-9-17(16)14-20-11-7-10-18(15-20)19(22)21-12-5-2-6-13-21/h3-4,8-9,18H,2,5-7,10-15H2,1H3/t18-/m0/s1. The van der Waals surface area contributed by atoms with Gasteiger partial charge in [0, 0.05) is 26.2 Å². The Bertz CT molecular complexity index is 508. The highest BCUT2D eigenvalue weighted by Crippen LogP contribution is 2.23. The van der Waals surface area contributed by atoms with Crippen LogP contribution in [0.2, 0.25) is 0 Å². The Labute approximate surface area is 134 Å². The second-order valence-corrected chi connectivity index (χ2v) is 6.89. The molecule has 1 amide bonds. The molecule has 1 aromatic rings. The predicted octanol–water partition coefficient (Wildman–Crippen LogP) is 3.22. The number of carbonyl (C=O) groups is 1. The van der Waals surface area contributed by atoms with E-state index in [1.807, 2.05) is 0 Å². The Kier molecular flexibility index (Phi) is 5.14. The molecule has 2 saturated heterocycles. The highest BCUT2D eigenvalue weighted by Gasteiger charge is 2.29. The number of carbonyl (C=O) groups excluding carboxylic acids is 1.